The zero-order valence-corrected chi connectivity index (χ0v) is 5.75. The van der Waals surface area contributed by atoms with E-state index < -0.39 is 0 Å². The minimum atomic E-state index is 0.906. The Kier molecular flexibility index (Phi) is 1.38. The highest BCUT2D eigenvalue weighted by molar-refractivity contribution is 5.00. The molecule has 0 atom stereocenters. The highest BCUT2D eigenvalue weighted by Crippen LogP contribution is 2.31. The van der Waals surface area contributed by atoms with Crippen LogP contribution in [0.3, 0.4) is 0 Å². The number of hydrogen-bond donors (Lipinski definition) is 0. The molecular weight excluding hydrogens is 124 g/mol. The third kappa shape index (κ3) is 1.32. The molecule has 1 heterocycles. The van der Waals surface area contributed by atoms with E-state index >= 15 is 0 Å². The number of aromatic nitrogens is 2. The molecule has 1 aliphatic rings. The molecule has 1 aliphatic carbocycles. The van der Waals surface area contributed by atoms with Crippen LogP contribution >= 0.6 is 0 Å². The third-order valence-electron chi connectivity index (χ3n) is 1.79. The largest absolute Gasteiger partial charge is 0.234 e. The Morgan fingerprint density at radius 1 is 1.60 bits per heavy atom. The summed E-state index contributed by atoms with van der Waals surface area (Å²) in [6.07, 6.45) is 8.23. The van der Waals surface area contributed by atoms with Crippen LogP contribution in [-0.4, -0.2) is 9.97 Å². The van der Waals surface area contributed by atoms with Crippen molar-refractivity contribution in [3.63, 3.8) is 0 Å². The topological polar surface area (TPSA) is 25.8 Å². The van der Waals surface area contributed by atoms with Crippen LogP contribution in [0.4, 0.5) is 0 Å². The molecule has 0 bridgehead atoms. The molecule has 0 unspecified atom stereocenters. The molecule has 1 aromatic rings. The minimum Gasteiger partial charge on any atom is -0.234 e. The van der Waals surface area contributed by atoms with E-state index in [9.17, 15) is 0 Å². The standard InChI is InChI=1S/C8H9N2/c1-2-7(1)5-8-3-4-9-6-10-8/h3-4,7H,1-2,5H2. The van der Waals surface area contributed by atoms with Gasteiger partial charge in [0, 0.05) is 11.9 Å². The van der Waals surface area contributed by atoms with Gasteiger partial charge in [0.25, 0.3) is 0 Å². The first-order valence-electron chi connectivity index (χ1n) is 3.63. The van der Waals surface area contributed by atoms with E-state index in [4.69, 9.17) is 0 Å². The van der Waals surface area contributed by atoms with Gasteiger partial charge in [0.1, 0.15) is 0 Å². The molecule has 2 rings (SSSR count). The van der Waals surface area contributed by atoms with Crippen molar-refractivity contribution in [2.45, 2.75) is 19.3 Å². The summed E-state index contributed by atoms with van der Waals surface area (Å²) in [5, 5.41) is 0. The fourth-order valence-corrected chi connectivity index (χ4v) is 1.02. The van der Waals surface area contributed by atoms with Crippen molar-refractivity contribution in [3.8, 4) is 0 Å². The second-order valence-electron chi connectivity index (χ2n) is 2.80. The molecule has 0 spiro atoms. The van der Waals surface area contributed by atoms with Crippen molar-refractivity contribution in [3.05, 3.63) is 24.3 Å². The van der Waals surface area contributed by atoms with E-state index in [0.717, 1.165) is 18.0 Å². The minimum absolute atomic E-state index is 0.906. The molecule has 2 nitrogen and oxygen atoms in total. The van der Waals surface area contributed by atoms with Crippen molar-refractivity contribution < 1.29 is 0 Å². The van der Waals surface area contributed by atoms with Gasteiger partial charge in [-0.2, -0.15) is 0 Å². The van der Waals surface area contributed by atoms with Crippen LogP contribution in [0.1, 0.15) is 18.5 Å². The summed E-state index contributed by atoms with van der Waals surface area (Å²) in [6.45, 7) is 0. The van der Waals surface area contributed by atoms with Gasteiger partial charge in [0.15, 0.2) is 6.33 Å². The highest BCUT2D eigenvalue weighted by atomic mass is 14.8. The fraction of sp³-hybridized carbons (Fsp3) is 0.500. The van der Waals surface area contributed by atoms with E-state index in [0.29, 0.717) is 0 Å². The Hall–Kier alpha value is -0.920. The Labute approximate surface area is 60.3 Å². The van der Waals surface area contributed by atoms with Gasteiger partial charge in [0.2, 0.25) is 0 Å². The van der Waals surface area contributed by atoms with Crippen molar-refractivity contribution in [1.29, 1.82) is 0 Å². The lowest BCUT2D eigenvalue weighted by Crippen LogP contribution is -1.91. The SMILES string of the molecule is [c]1nccc(CC2CC2)n1. The first-order valence-corrected chi connectivity index (χ1v) is 3.63. The lowest BCUT2D eigenvalue weighted by atomic mass is 10.2. The second-order valence-corrected chi connectivity index (χ2v) is 2.80. The van der Waals surface area contributed by atoms with Gasteiger partial charge >= 0.3 is 0 Å². The van der Waals surface area contributed by atoms with Gasteiger partial charge in [-0.15, -0.1) is 0 Å². The van der Waals surface area contributed by atoms with Gasteiger partial charge in [0.05, 0.1) is 0 Å². The van der Waals surface area contributed by atoms with E-state index in [-0.39, 0.29) is 0 Å². The smallest absolute Gasteiger partial charge is 0.197 e. The van der Waals surface area contributed by atoms with E-state index in [2.05, 4.69) is 16.3 Å². The highest BCUT2D eigenvalue weighted by Gasteiger charge is 2.21. The van der Waals surface area contributed by atoms with Crippen LogP contribution in [0.15, 0.2) is 12.3 Å². The average Bonchev–Trinajstić information content (AvgIpc) is 2.74. The zero-order chi connectivity index (χ0) is 6.81. The molecule has 1 fully saturated rings. The van der Waals surface area contributed by atoms with Crippen LogP contribution in [-0.2, 0) is 6.42 Å². The summed E-state index contributed by atoms with van der Waals surface area (Å²) in [5.41, 5.74) is 1.14. The first kappa shape index (κ1) is 5.83. The summed E-state index contributed by atoms with van der Waals surface area (Å²) >= 11 is 0. The van der Waals surface area contributed by atoms with Crippen molar-refractivity contribution in [2.24, 2.45) is 5.92 Å². The second kappa shape index (κ2) is 2.37. The first-order chi connectivity index (χ1) is 4.95. The molecule has 0 N–H and O–H groups in total. The number of rotatable bonds is 2. The van der Waals surface area contributed by atoms with E-state index in [1.54, 1.807) is 6.20 Å². The summed E-state index contributed by atoms with van der Waals surface area (Å²) in [6, 6.07) is 1.97. The molecule has 0 saturated heterocycles. The van der Waals surface area contributed by atoms with Gasteiger partial charge in [-0.1, -0.05) is 0 Å². The Balaban J connectivity index is 2.03. The van der Waals surface area contributed by atoms with Crippen LogP contribution in [0.2, 0.25) is 0 Å². The average molecular weight is 133 g/mol. The lowest BCUT2D eigenvalue weighted by molar-refractivity contribution is 0.797. The molecule has 1 saturated carbocycles. The van der Waals surface area contributed by atoms with Crippen LogP contribution in [0.25, 0.3) is 0 Å². The maximum Gasteiger partial charge on any atom is 0.197 e. The summed E-state index contributed by atoms with van der Waals surface area (Å²) in [4.78, 5) is 7.76. The van der Waals surface area contributed by atoms with Crippen molar-refractivity contribution in [2.75, 3.05) is 0 Å². The van der Waals surface area contributed by atoms with Crippen LogP contribution in [0.5, 0.6) is 0 Å². The monoisotopic (exact) mass is 133 g/mol. The van der Waals surface area contributed by atoms with Crippen LogP contribution in [0, 0.1) is 12.2 Å². The Bertz CT molecular complexity index is 204. The fourth-order valence-electron chi connectivity index (χ4n) is 1.02. The number of hydrogen-bond acceptors (Lipinski definition) is 2. The molecule has 1 aromatic heterocycles. The number of nitrogens with zero attached hydrogens (tertiary/aromatic N) is 2. The molecule has 0 aliphatic heterocycles. The van der Waals surface area contributed by atoms with E-state index in [1.807, 2.05) is 6.07 Å². The molecule has 1 radical (unpaired) electrons. The predicted molar refractivity (Wildman–Crippen MR) is 37.3 cm³/mol. The van der Waals surface area contributed by atoms with Gasteiger partial charge in [-0.25, -0.2) is 9.97 Å². The maximum atomic E-state index is 4.02. The third-order valence-corrected chi connectivity index (χ3v) is 1.79. The normalized spacial score (nSPS) is 17.2. The Morgan fingerprint density at radius 3 is 3.10 bits per heavy atom. The predicted octanol–water partition coefficient (Wildman–Crippen LogP) is 1.23. The quantitative estimate of drug-likeness (QED) is 0.606. The molecule has 2 heteroatoms. The van der Waals surface area contributed by atoms with Gasteiger partial charge in [-0.3, -0.25) is 0 Å². The summed E-state index contributed by atoms with van der Waals surface area (Å²) < 4.78 is 0. The van der Waals surface area contributed by atoms with Crippen molar-refractivity contribution >= 4 is 0 Å². The summed E-state index contributed by atoms with van der Waals surface area (Å²) in [5.74, 6) is 0.906. The molecule has 10 heavy (non-hydrogen) atoms. The van der Waals surface area contributed by atoms with Crippen molar-refractivity contribution in [1.82, 2.24) is 9.97 Å². The molecule has 0 aromatic carbocycles. The van der Waals surface area contributed by atoms with Crippen LogP contribution < -0.4 is 0 Å². The molecule has 51 valence electrons. The van der Waals surface area contributed by atoms with E-state index in [1.165, 1.54) is 12.8 Å². The lowest BCUT2D eigenvalue weighted by Gasteiger charge is -1.93. The molecule has 0 amide bonds. The Morgan fingerprint density at radius 2 is 2.50 bits per heavy atom. The van der Waals surface area contributed by atoms with Gasteiger partial charge < -0.3 is 0 Å². The summed E-state index contributed by atoms with van der Waals surface area (Å²) in [7, 11) is 0. The maximum absolute atomic E-state index is 4.02. The molecular formula is C8H9N2. The van der Waals surface area contributed by atoms with Gasteiger partial charge in [-0.05, 0) is 31.2 Å². The zero-order valence-electron chi connectivity index (χ0n) is 5.75.